The van der Waals surface area contributed by atoms with Crippen molar-refractivity contribution in [3.8, 4) is 0 Å². The molecule has 0 aromatic heterocycles. The van der Waals surface area contributed by atoms with Crippen LogP contribution in [0, 0.1) is 40.4 Å². The average Bonchev–Trinajstić information content (AvgIpc) is 3.05. The van der Waals surface area contributed by atoms with Gasteiger partial charge in [-0.1, -0.05) is 13.8 Å². The molecule has 4 fully saturated rings. The predicted molar refractivity (Wildman–Crippen MR) is 131 cm³/mol. The largest absolute Gasteiger partial charge is 0.461 e. The van der Waals surface area contributed by atoms with Crippen molar-refractivity contribution < 1.29 is 9.53 Å². The summed E-state index contributed by atoms with van der Waals surface area (Å²) in [5.41, 5.74) is 1.22. The van der Waals surface area contributed by atoms with E-state index in [0.717, 1.165) is 42.4 Å². The Balaban J connectivity index is 1.46. The number of nitrogens with zero attached hydrogens (tertiary/aromatic N) is 2. The zero-order valence-corrected chi connectivity index (χ0v) is 22.2. The van der Waals surface area contributed by atoms with Gasteiger partial charge in [0.25, 0.3) is 0 Å². The van der Waals surface area contributed by atoms with Crippen molar-refractivity contribution in [2.45, 2.75) is 97.1 Å². The zero-order valence-electron chi connectivity index (χ0n) is 22.2. The molecule has 0 radical (unpaired) electrons. The predicted octanol–water partition coefficient (Wildman–Crippen LogP) is 5.46. The number of ether oxygens (including phenoxy) is 1. The lowest BCUT2D eigenvalue weighted by Gasteiger charge is -2.62. The second-order valence-electron chi connectivity index (χ2n) is 13.5. The SMILES string of the molecule is CN(C)CC(=O)O[C@H]1CC[C@@]2(C)[C@H](CC[C@@H]3[C@@H]2CC[C@]2(C)[C@@H](C(C)(C)N(C)C)CC[C@@H]32)C1. The molecule has 0 amide bonds. The molecule has 4 nitrogen and oxygen atoms in total. The molecule has 0 bridgehead atoms. The van der Waals surface area contributed by atoms with Gasteiger partial charge < -0.3 is 9.64 Å². The van der Waals surface area contributed by atoms with Crippen LogP contribution in [0.15, 0.2) is 0 Å². The van der Waals surface area contributed by atoms with Gasteiger partial charge in [0.2, 0.25) is 0 Å². The van der Waals surface area contributed by atoms with Crippen LogP contribution in [0.3, 0.4) is 0 Å². The Labute approximate surface area is 197 Å². The van der Waals surface area contributed by atoms with Gasteiger partial charge in [0.1, 0.15) is 6.10 Å². The van der Waals surface area contributed by atoms with Gasteiger partial charge in [0.05, 0.1) is 6.54 Å². The number of carbonyl (C=O) groups excluding carboxylic acids is 1. The lowest BCUT2D eigenvalue weighted by atomic mass is 9.44. The summed E-state index contributed by atoms with van der Waals surface area (Å²) in [4.78, 5) is 16.6. The topological polar surface area (TPSA) is 32.8 Å². The molecular weight excluding hydrogens is 396 g/mol. The summed E-state index contributed by atoms with van der Waals surface area (Å²) in [6.45, 7) is 10.6. The molecule has 8 atom stereocenters. The van der Waals surface area contributed by atoms with Crippen molar-refractivity contribution in [1.29, 1.82) is 0 Å². The van der Waals surface area contributed by atoms with E-state index in [1.807, 2.05) is 19.0 Å². The van der Waals surface area contributed by atoms with Crippen molar-refractivity contribution in [3.63, 3.8) is 0 Å². The summed E-state index contributed by atoms with van der Waals surface area (Å²) in [7, 11) is 8.42. The van der Waals surface area contributed by atoms with E-state index in [4.69, 9.17) is 4.74 Å². The maximum atomic E-state index is 12.2. The Morgan fingerprint density at radius 2 is 1.56 bits per heavy atom. The fourth-order valence-electron chi connectivity index (χ4n) is 9.28. The molecule has 0 N–H and O–H groups in total. The summed E-state index contributed by atoms with van der Waals surface area (Å²) in [6, 6.07) is 0. The Morgan fingerprint density at radius 3 is 2.22 bits per heavy atom. The van der Waals surface area contributed by atoms with Crippen molar-refractivity contribution in [1.82, 2.24) is 9.80 Å². The van der Waals surface area contributed by atoms with Gasteiger partial charge in [-0.15, -0.1) is 0 Å². The molecule has 0 aromatic rings. The quantitative estimate of drug-likeness (QED) is 0.525. The first-order valence-corrected chi connectivity index (χ1v) is 13.4. The molecule has 4 saturated carbocycles. The van der Waals surface area contributed by atoms with Crippen LogP contribution in [-0.4, -0.2) is 62.1 Å². The van der Waals surface area contributed by atoms with Gasteiger partial charge in [0.15, 0.2) is 0 Å². The van der Waals surface area contributed by atoms with Gasteiger partial charge in [-0.3, -0.25) is 9.69 Å². The van der Waals surface area contributed by atoms with E-state index in [-0.39, 0.29) is 17.6 Å². The Kier molecular flexibility index (Phi) is 6.55. The smallest absolute Gasteiger partial charge is 0.320 e. The van der Waals surface area contributed by atoms with Crippen LogP contribution < -0.4 is 0 Å². The molecule has 184 valence electrons. The highest BCUT2D eigenvalue weighted by Gasteiger charge is 2.62. The van der Waals surface area contributed by atoms with Crippen molar-refractivity contribution >= 4 is 5.97 Å². The van der Waals surface area contributed by atoms with Gasteiger partial charge in [-0.25, -0.2) is 0 Å². The second kappa shape index (κ2) is 8.56. The Hall–Kier alpha value is -0.610. The maximum Gasteiger partial charge on any atom is 0.320 e. The van der Waals surface area contributed by atoms with E-state index in [0.29, 0.717) is 17.4 Å². The van der Waals surface area contributed by atoms with Crippen LogP contribution in [0.25, 0.3) is 0 Å². The third-order valence-corrected chi connectivity index (χ3v) is 11.4. The van der Waals surface area contributed by atoms with Crippen molar-refractivity contribution in [3.05, 3.63) is 0 Å². The summed E-state index contributed by atoms with van der Waals surface area (Å²) in [6.07, 6.45) is 11.9. The van der Waals surface area contributed by atoms with E-state index in [2.05, 4.69) is 46.7 Å². The average molecular weight is 447 g/mol. The molecule has 0 aliphatic heterocycles. The minimum Gasteiger partial charge on any atom is -0.461 e. The van der Waals surface area contributed by atoms with E-state index in [9.17, 15) is 4.79 Å². The van der Waals surface area contributed by atoms with Crippen molar-refractivity contribution in [2.75, 3.05) is 34.7 Å². The van der Waals surface area contributed by atoms with Crippen LogP contribution in [0.5, 0.6) is 0 Å². The molecule has 4 rings (SSSR count). The summed E-state index contributed by atoms with van der Waals surface area (Å²) in [5, 5.41) is 0. The van der Waals surface area contributed by atoms with E-state index in [1.165, 1.54) is 44.9 Å². The van der Waals surface area contributed by atoms with Gasteiger partial charge in [-0.05, 0) is 140 Å². The van der Waals surface area contributed by atoms with Gasteiger partial charge >= 0.3 is 5.97 Å². The van der Waals surface area contributed by atoms with Crippen LogP contribution >= 0.6 is 0 Å². The van der Waals surface area contributed by atoms with E-state index >= 15 is 0 Å². The fraction of sp³-hybridized carbons (Fsp3) is 0.964. The van der Waals surface area contributed by atoms with Crippen LogP contribution in [0.1, 0.15) is 85.5 Å². The minimum atomic E-state index is -0.0498. The first-order valence-electron chi connectivity index (χ1n) is 13.4. The Morgan fingerprint density at radius 1 is 0.906 bits per heavy atom. The van der Waals surface area contributed by atoms with Gasteiger partial charge in [0, 0.05) is 5.54 Å². The number of carbonyl (C=O) groups is 1. The first-order chi connectivity index (χ1) is 14.9. The highest BCUT2D eigenvalue weighted by molar-refractivity contribution is 5.71. The molecule has 0 heterocycles. The third-order valence-electron chi connectivity index (χ3n) is 11.4. The number of rotatable bonds is 5. The van der Waals surface area contributed by atoms with Crippen LogP contribution in [0.4, 0.5) is 0 Å². The first kappa shape index (κ1) is 24.5. The summed E-state index contributed by atoms with van der Waals surface area (Å²) < 4.78 is 5.91. The molecular formula is C28H50N2O2. The zero-order chi connectivity index (χ0) is 23.5. The van der Waals surface area contributed by atoms with Crippen LogP contribution in [0.2, 0.25) is 0 Å². The standard InChI is InChI=1S/C28H50N2O2/c1-26(2,30(7)8)24-12-11-22-21-10-9-19-17-20(32-25(31)18-29(5)6)13-15-27(19,3)23(21)14-16-28(22,24)4/h19-24H,9-18H2,1-8H3/t19-,20+,21+,22+,23+,24-,27+,28+/m1/s1. The fourth-order valence-corrected chi connectivity index (χ4v) is 9.28. The molecule has 4 aliphatic rings. The van der Waals surface area contributed by atoms with Crippen molar-refractivity contribution in [2.24, 2.45) is 40.4 Å². The number of fused-ring (bicyclic) bond motifs is 5. The van der Waals surface area contributed by atoms with Crippen LogP contribution in [-0.2, 0) is 9.53 Å². The molecule has 0 unspecified atom stereocenters. The molecule has 32 heavy (non-hydrogen) atoms. The number of likely N-dealkylation sites (N-methyl/N-ethyl adjacent to an activating group) is 1. The second-order valence-corrected chi connectivity index (χ2v) is 13.5. The van der Waals surface area contributed by atoms with Gasteiger partial charge in [-0.2, -0.15) is 0 Å². The number of esters is 1. The minimum absolute atomic E-state index is 0.0498. The normalized spacial score (nSPS) is 44.2. The Bertz CT molecular complexity index is 704. The summed E-state index contributed by atoms with van der Waals surface area (Å²) in [5.74, 6) is 4.16. The third kappa shape index (κ3) is 3.96. The number of hydrogen-bond donors (Lipinski definition) is 0. The van der Waals surface area contributed by atoms with E-state index in [1.54, 1.807) is 0 Å². The summed E-state index contributed by atoms with van der Waals surface area (Å²) >= 11 is 0. The van der Waals surface area contributed by atoms with E-state index < -0.39 is 0 Å². The molecule has 4 heteroatoms. The molecule has 0 saturated heterocycles. The molecule has 0 aromatic carbocycles. The monoisotopic (exact) mass is 446 g/mol. The highest BCUT2D eigenvalue weighted by Crippen LogP contribution is 2.68. The lowest BCUT2D eigenvalue weighted by molar-refractivity contribution is -0.164. The number of hydrogen-bond acceptors (Lipinski definition) is 4. The lowest BCUT2D eigenvalue weighted by Crippen LogP contribution is -2.57. The molecule has 4 aliphatic carbocycles. The maximum absolute atomic E-state index is 12.2. The highest BCUT2D eigenvalue weighted by atomic mass is 16.5. The molecule has 0 spiro atoms.